The van der Waals surface area contributed by atoms with E-state index in [1.807, 2.05) is 61.5 Å². The lowest BCUT2D eigenvalue weighted by molar-refractivity contribution is -0.119. The maximum Gasteiger partial charge on any atom is 0.419 e. The molecule has 9 aromatic rings. The van der Waals surface area contributed by atoms with Crippen LogP contribution in [0.4, 0.5) is 10.5 Å². The van der Waals surface area contributed by atoms with Crippen LogP contribution in [0.1, 0.15) is 12.5 Å². The molecule has 4 aromatic carbocycles. The first-order valence-electron chi connectivity index (χ1n) is 15.6. The molecule has 0 saturated carbocycles. The van der Waals surface area contributed by atoms with Crippen LogP contribution >= 0.6 is 70.1 Å². The van der Waals surface area contributed by atoms with Gasteiger partial charge in [0.15, 0.2) is 5.04 Å². The average molecular weight is 778 g/mol. The number of thiophene rings is 2. The highest BCUT2D eigenvalue weighted by Gasteiger charge is 2.33. The summed E-state index contributed by atoms with van der Waals surface area (Å²) in [5, 5.41) is 2.98. The number of carbonyl (C=O) groups excluding carboxylic acids is 2. The van der Waals surface area contributed by atoms with Crippen molar-refractivity contribution < 1.29 is 14.3 Å². The number of hydrogen-bond donors (Lipinski definition) is 0. The molecule has 10 rings (SSSR count). The molecule has 0 spiro atoms. The molecule has 0 atom stereocenters. The van der Waals surface area contributed by atoms with E-state index in [4.69, 9.17) is 30.7 Å². The predicted molar refractivity (Wildman–Crippen MR) is 214 cm³/mol. The number of benzene rings is 4. The number of rotatable bonds is 5. The summed E-state index contributed by atoms with van der Waals surface area (Å²) in [5.74, 6) is -0.217. The number of nitrogens with zero attached hydrogens (tertiary/aromatic N) is 7. The fourth-order valence-corrected chi connectivity index (χ4v) is 11.4. The smallest absolute Gasteiger partial charge is 0.419 e. The summed E-state index contributed by atoms with van der Waals surface area (Å²) < 4.78 is 30.0. The van der Waals surface area contributed by atoms with Crippen LogP contribution in [0.3, 0.4) is 0 Å². The molecule has 1 fully saturated rings. The SMILES string of the molecule is CCN1C(=O)C(=Nc2cc3c(cc(-c4cc5c(s4)c4sc6ccccc6c4n5C(=O)OCc4ccccc4)c4nsnc43)c3nsnc23)SC1=S. The highest BCUT2D eigenvalue weighted by atomic mass is 32.2. The zero-order chi connectivity index (χ0) is 34.4. The molecule has 51 heavy (non-hydrogen) atoms. The van der Waals surface area contributed by atoms with E-state index in [9.17, 15) is 9.59 Å². The third-order valence-corrected chi connectivity index (χ3v) is 13.7. The Morgan fingerprint density at radius 2 is 1.57 bits per heavy atom. The first kappa shape index (κ1) is 31.1. The fraction of sp³-hybridized carbons (Fsp3) is 0.0857. The van der Waals surface area contributed by atoms with Crippen LogP contribution in [-0.4, -0.2) is 54.9 Å². The molecular weight excluding hydrogens is 759 g/mol. The second-order valence-electron chi connectivity index (χ2n) is 11.6. The molecule has 1 aliphatic rings. The molecule has 16 heteroatoms. The van der Waals surface area contributed by atoms with E-state index in [1.54, 1.807) is 27.2 Å². The zero-order valence-corrected chi connectivity index (χ0v) is 31.0. The summed E-state index contributed by atoms with van der Waals surface area (Å²) in [4.78, 5) is 34.2. The zero-order valence-electron chi connectivity index (χ0n) is 26.1. The number of amides is 1. The largest absolute Gasteiger partial charge is 0.444 e. The Kier molecular flexibility index (Phi) is 7.27. The Balaban J connectivity index is 1.15. The minimum absolute atomic E-state index is 0.164. The molecule has 1 aliphatic heterocycles. The fourth-order valence-electron chi connectivity index (χ4n) is 6.49. The van der Waals surface area contributed by atoms with Gasteiger partial charge in [-0.3, -0.25) is 9.69 Å². The van der Waals surface area contributed by atoms with Crippen LogP contribution < -0.4 is 0 Å². The number of fused-ring (bicyclic) bond motifs is 10. The molecular formula is C35H19N7O3S6. The lowest BCUT2D eigenvalue weighted by atomic mass is 10.0. The Morgan fingerprint density at radius 3 is 2.37 bits per heavy atom. The molecule has 6 heterocycles. The van der Waals surface area contributed by atoms with Crippen molar-refractivity contribution in [2.45, 2.75) is 13.5 Å². The van der Waals surface area contributed by atoms with Gasteiger partial charge in [-0.2, -0.15) is 17.5 Å². The van der Waals surface area contributed by atoms with Crippen molar-refractivity contribution in [1.29, 1.82) is 0 Å². The van der Waals surface area contributed by atoms with Gasteiger partial charge in [0.25, 0.3) is 5.91 Å². The van der Waals surface area contributed by atoms with Crippen LogP contribution in [0.5, 0.6) is 0 Å². The Bertz CT molecular complexity index is 2970. The second kappa shape index (κ2) is 11.9. The maximum atomic E-state index is 14.0. The van der Waals surface area contributed by atoms with Crippen molar-refractivity contribution in [2.24, 2.45) is 4.99 Å². The van der Waals surface area contributed by atoms with E-state index in [2.05, 4.69) is 26.9 Å². The number of thiocarbonyl (C=S) groups is 1. The van der Waals surface area contributed by atoms with Crippen LogP contribution in [0.15, 0.2) is 77.8 Å². The molecule has 248 valence electrons. The van der Waals surface area contributed by atoms with Gasteiger partial charge in [-0.25, -0.2) is 14.4 Å². The minimum Gasteiger partial charge on any atom is -0.444 e. The molecule has 1 amide bonds. The highest BCUT2D eigenvalue weighted by molar-refractivity contribution is 8.35. The first-order valence-corrected chi connectivity index (χ1v) is 19.9. The van der Waals surface area contributed by atoms with Crippen molar-refractivity contribution in [3.05, 3.63) is 78.4 Å². The summed E-state index contributed by atoms with van der Waals surface area (Å²) >= 11 is 12.1. The Labute approximate surface area is 313 Å². The minimum atomic E-state index is -0.433. The average Bonchev–Trinajstić information content (AvgIpc) is 3.99. The predicted octanol–water partition coefficient (Wildman–Crippen LogP) is 10.00. The topological polar surface area (TPSA) is 115 Å². The van der Waals surface area contributed by atoms with E-state index in [0.717, 1.165) is 86.3 Å². The van der Waals surface area contributed by atoms with E-state index >= 15 is 0 Å². The highest BCUT2D eigenvalue weighted by Crippen LogP contribution is 2.48. The van der Waals surface area contributed by atoms with E-state index in [1.165, 1.54) is 16.7 Å². The first-order chi connectivity index (χ1) is 25.0. The normalized spacial score (nSPS) is 14.6. The standard InChI is InChI=1S/C35H19N7O3S6/c1-2-41-33(43)32(49-35(41)46)36-21-13-19-18(26-28(21)40-51-38-26)12-20(27-25(19)37-50-39-27)24-14-22-30(48-24)31-29(17-10-6-7-11-23(17)47-31)42(22)34(44)45-15-16-8-4-3-5-9-16/h3-14H,2,15H2,1H3. The summed E-state index contributed by atoms with van der Waals surface area (Å²) in [6.07, 6.45) is -0.433. The van der Waals surface area contributed by atoms with Crippen LogP contribution in [0.25, 0.3) is 73.8 Å². The van der Waals surface area contributed by atoms with Gasteiger partial charge >= 0.3 is 6.09 Å². The molecule has 0 radical (unpaired) electrons. The van der Waals surface area contributed by atoms with Crippen molar-refractivity contribution in [1.82, 2.24) is 27.0 Å². The van der Waals surface area contributed by atoms with Crippen molar-refractivity contribution in [3.63, 3.8) is 0 Å². The van der Waals surface area contributed by atoms with E-state index in [0.29, 0.717) is 38.1 Å². The van der Waals surface area contributed by atoms with Gasteiger partial charge in [0.1, 0.15) is 33.0 Å². The van der Waals surface area contributed by atoms with Crippen molar-refractivity contribution in [2.75, 3.05) is 6.54 Å². The van der Waals surface area contributed by atoms with Crippen molar-refractivity contribution >= 4 is 161 Å². The number of ether oxygens (including phenoxy) is 1. The van der Waals surface area contributed by atoms with E-state index < -0.39 is 6.09 Å². The third kappa shape index (κ3) is 4.78. The number of aliphatic imine (C=N–C) groups is 1. The molecule has 1 saturated heterocycles. The summed E-state index contributed by atoms with van der Waals surface area (Å²) in [7, 11) is 0. The van der Waals surface area contributed by atoms with Crippen LogP contribution in [-0.2, 0) is 16.1 Å². The third-order valence-electron chi connectivity index (χ3n) is 8.82. The lowest BCUT2D eigenvalue weighted by Gasteiger charge is -2.09. The lowest BCUT2D eigenvalue weighted by Crippen LogP contribution is -2.29. The van der Waals surface area contributed by atoms with Crippen molar-refractivity contribution in [3.8, 4) is 10.4 Å². The second-order valence-corrected chi connectivity index (χ2v) is 16.4. The monoisotopic (exact) mass is 777 g/mol. The summed E-state index contributed by atoms with van der Waals surface area (Å²) in [6.45, 7) is 2.53. The van der Waals surface area contributed by atoms with E-state index in [-0.39, 0.29) is 12.5 Å². The van der Waals surface area contributed by atoms with Gasteiger partial charge in [0, 0.05) is 37.8 Å². The number of hydrogen-bond acceptors (Lipinski definition) is 14. The molecule has 0 unspecified atom stereocenters. The van der Waals surface area contributed by atoms with Gasteiger partial charge in [0.2, 0.25) is 0 Å². The van der Waals surface area contributed by atoms with Gasteiger partial charge in [-0.05, 0) is 48.5 Å². The molecule has 5 aromatic heterocycles. The summed E-state index contributed by atoms with van der Waals surface area (Å²) in [5.41, 5.74) is 6.65. The van der Waals surface area contributed by atoms with Gasteiger partial charge in [0.05, 0.1) is 49.6 Å². The summed E-state index contributed by atoms with van der Waals surface area (Å²) in [6, 6.07) is 23.9. The number of aromatic nitrogens is 5. The molecule has 10 nitrogen and oxygen atoms in total. The van der Waals surface area contributed by atoms with Gasteiger partial charge < -0.3 is 4.74 Å². The molecule has 0 aliphatic carbocycles. The van der Waals surface area contributed by atoms with Gasteiger partial charge in [-0.1, -0.05) is 60.7 Å². The Morgan fingerprint density at radius 1 is 0.843 bits per heavy atom. The van der Waals surface area contributed by atoms with Gasteiger partial charge in [-0.15, -0.1) is 22.7 Å². The molecule has 0 N–H and O–H groups in total. The molecule has 0 bridgehead atoms. The Hall–Kier alpha value is -4.71. The number of thioether (sulfide) groups is 1. The quantitative estimate of drug-likeness (QED) is 0.158. The van der Waals surface area contributed by atoms with Crippen LogP contribution in [0, 0.1) is 0 Å². The van der Waals surface area contributed by atoms with Crippen LogP contribution in [0.2, 0.25) is 0 Å². The maximum absolute atomic E-state index is 14.0. The number of carbonyl (C=O) groups is 2.